The average Bonchev–Trinajstić information content (AvgIpc) is 3.59. The lowest BCUT2D eigenvalue weighted by molar-refractivity contribution is -0.154. The highest BCUT2D eigenvalue weighted by atomic mass is 32.2. The van der Waals surface area contributed by atoms with Crippen molar-refractivity contribution >= 4 is 29.5 Å². The second-order valence-corrected chi connectivity index (χ2v) is 15.8. The number of rotatable bonds is 14. The van der Waals surface area contributed by atoms with Gasteiger partial charge in [-0.3, -0.25) is 14.4 Å². The fourth-order valence-corrected chi connectivity index (χ4v) is 10.2. The van der Waals surface area contributed by atoms with Gasteiger partial charge in [0.05, 0.1) is 35.8 Å². The van der Waals surface area contributed by atoms with E-state index in [0.717, 1.165) is 24.8 Å². The van der Waals surface area contributed by atoms with Crippen molar-refractivity contribution in [3.63, 3.8) is 0 Å². The summed E-state index contributed by atoms with van der Waals surface area (Å²) >= 11 is 1.63. The zero-order valence-electron chi connectivity index (χ0n) is 26.6. The van der Waals surface area contributed by atoms with Crippen molar-refractivity contribution in [3.8, 4) is 0 Å². The van der Waals surface area contributed by atoms with E-state index in [4.69, 9.17) is 4.74 Å². The second kappa shape index (κ2) is 13.2. The summed E-state index contributed by atoms with van der Waals surface area (Å²) in [5, 5.41) is 10.7. The molecule has 2 unspecified atom stereocenters. The van der Waals surface area contributed by atoms with Gasteiger partial charge in [0.2, 0.25) is 11.8 Å². The number of fused-ring (bicyclic) bond motifs is 1. The highest BCUT2D eigenvalue weighted by Crippen LogP contribution is 2.67. The maximum atomic E-state index is 15.0. The summed E-state index contributed by atoms with van der Waals surface area (Å²) < 4.78 is 4.95. The van der Waals surface area contributed by atoms with Crippen LogP contribution in [0, 0.1) is 17.3 Å². The third-order valence-electron chi connectivity index (χ3n) is 9.23. The molecule has 3 saturated heterocycles. The van der Waals surface area contributed by atoms with Crippen LogP contribution < -0.4 is 0 Å². The van der Waals surface area contributed by atoms with Crippen molar-refractivity contribution in [2.75, 3.05) is 19.8 Å². The molecular formula is C35H50N2O5S. The zero-order valence-corrected chi connectivity index (χ0v) is 27.4. The summed E-state index contributed by atoms with van der Waals surface area (Å²) in [6.45, 7) is 18.7. The number of thioether (sulfide) groups is 1. The molecule has 2 amide bonds. The van der Waals surface area contributed by atoms with Gasteiger partial charge in [-0.05, 0) is 63.4 Å². The summed E-state index contributed by atoms with van der Waals surface area (Å²) in [4.78, 5) is 46.7. The standard InChI is InChI=1S/C35H50N2O5S/c1-8-10-14-20-42-32(41)27-26-17-18-35(43-26)28(27)30(39)37(25(22-38)21-24-15-12-11-13-16-24)29(35)31(40)36(19-9-2)34(6,7)23-33(3,4)5/h8-9,11-13,15-16,25-29,38H,1-2,10,14,17-23H2,3-7H3/t25-,26+,27-,28+,29?,35?/m1/s1. The molecule has 236 valence electrons. The lowest BCUT2D eigenvalue weighted by Crippen LogP contribution is -2.61. The molecule has 4 rings (SSSR count). The number of aliphatic hydroxyl groups excluding tert-OH is 1. The molecule has 2 bridgehead atoms. The summed E-state index contributed by atoms with van der Waals surface area (Å²) in [5.41, 5.74) is 0.407. The Balaban J connectivity index is 1.77. The molecule has 1 aromatic rings. The number of unbranched alkanes of at least 4 members (excludes halogenated alkanes) is 1. The van der Waals surface area contributed by atoms with Crippen LogP contribution in [0.3, 0.4) is 0 Å². The molecule has 7 nitrogen and oxygen atoms in total. The van der Waals surface area contributed by atoms with Crippen molar-refractivity contribution in [1.29, 1.82) is 0 Å². The van der Waals surface area contributed by atoms with Gasteiger partial charge in [0.25, 0.3) is 0 Å². The number of hydrogen-bond donors (Lipinski definition) is 1. The fourth-order valence-electron chi connectivity index (χ4n) is 7.97. The van der Waals surface area contributed by atoms with Crippen molar-refractivity contribution in [3.05, 3.63) is 61.2 Å². The number of nitrogens with zero attached hydrogens (tertiary/aromatic N) is 2. The summed E-state index contributed by atoms with van der Waals surface area (Å²) in [6, 6.07) is 8.32. The number of carbonyl (C=O) groups excluding carboxylic acids is 3. The highest BCUT2D eigenvalue weighted by Gasteiger charge is 2.75. The molecule has 0 aromatic heterocycles. The normalized spacial score (nSPS) is 27.1. The molecule has 3 aliphatic rings. The van der Waals surface area contributed by atoms with Crippen molar-refractivity contribution in [2.24, 2.45) is 17.3 Å². The summed E-state index contributed by atoms with van der Waals surface area (Å²) in [6.07, 6.45) is 7.53. The van der Waals surface area contributed by atoms with Gasteiger partial charge < -0.3 is 19.6 Å². The molecular weight excluding hydrogens is 560 g/mol. The van der Waals surface area contributed by atoms with Gasteiger partial charge in [0.1, 0.15) is 6.04 Å². The van der Waals surface area contributed by atoms with Gasteiger partial charge >= 0.3 is 5.97 Å². The molecule has 3 heterocycles. The molecule has 1 N–H and O–H groups in total. The molecule has 1 spiro atoms. The molecule has 3 aliphatic heterocycles. The van der Waals surface area contributed by atoms with Crippen LogP contribution in [0.4, 0.5) is 0 Å². The minimum atomic E-state index is -0.807. The molecule has 1 aromatic carbocycles. The van der Waals surface area contributed by atoms with Crippen LogP contribution >= 0.6 is 11.8 Å². The number of ether oxygens (including phenoxy) is 1. The van der Waals surface area contributed by atoms with Gasteiger partial charge in [-0.2, -0.15) is 0 Å². The topological polar surface area (TPSA) is 87.2 Å². The molecule has 8 heteroatoms. The maximum Gasteiger partial charge on any atom is 0.310 e. The molecule has 0 saturated carbocycles. The number of likely N-dealkylation sites (tertiary alicyclic amines) is 1. The fraction of sp³-hybridized carbons (Fsp3) is 0.629. The molecule has 43 heavy (non-hydrogen) atoms. The van der Waals surface area contributed by atoms with E-state index in [9.17, 15) is 14.7 Å². The Bertz CT molecular complexity index is 1190. The lowest BCUT2D eigenvalue weighted by atomic mass is 9.71. The van der Waals surface area contributed by atoms with E-state index in [0.29, 0.717) is 25.8 Å². The summed E-state index contributed by atoms with van der Waals surface area (Å²) in [5.74, 6) is -1.98. The van der Waals surface area contributed by atoms with Crippen LogP contribution in [-0.2, 0) is 25.5 Å². The number of allylic oxidation sites excluding steroid dienone is 1. The van der Waals surface area contributed by atoms with E-state index in [1.807, 2.05) is 35.2 Å². The Kier molecular flexibility index (Phi) is 10.2. The minimum Gasteiger partial charge on any atom is -0.465 e. The molecule has 3 fully saturated rings. The van der Waals surface area contributed by atoms with E-state index in [1.54, 1.807) is 28.8 Å². The Morgan fingerprint density at radius 1 is 1.19 bits per heavy atom. The van der Waals surface area contributed by atoms with Crippen LogP contribution in [0.5, 0.6) is 0 Å². The Morgan fingerprint density at radius 3 is 2.49 bits per heavy atom. The van der Waals surface area contributed by atoms with Crippen molar-refractivity contribution < 1.29 is 24.2 Å². The monoisotopic (exact) mass is 610 g/mol. The molecule has 0 radical (unpaired) electrons. The van der Waals surface area contributed by atoms with E-state index in [1.165, 1.54) is 0 Å². The second-order valence-electron chi connectivity index (χ2n) is 14.2. The van der Waals surface area contributed by atoms with E-state index in [-0.39, 0.29) is 41.7 Å². The minimum absolute atomic E-state index is 0.0445. The highest BCUT2D eigenvalue weighted by molar-refractivity contribution is 8.02. The smallest absolute Gasteiger partial charge is 0.310 e. The zero-order chi connectivity index (χ0) is 31.6. The average molecular weight is 611 g/mol. The SMILES string of the molecule is C=CCCCOC(=O)[C@@H]1[C@@H]2CCC3(S2)C(C(=O)N(CC=C)C(C)(C)CC(C)(C)C)N([C@@H](CO)Cc2ccccc2)C(=O)[C@H]13. The van der Waals surface area contributed by atoms with Crippen LogP contribution in [0.25, 0.3) is 0 Å². The van der Waals surface area contributed by atoms with Gasteiger partial charge in [-0.1, -0.05) is 63.3 Å². The maximum absolute atomic E-state index is 15.0. The van der Waals surface area contributed by atoms with Crippen LogP contribution in [0.1, 0.15) is 72.3 Å². The number of carbonyl (C=O) groups is 3. The number of benzene rings is 1. The third kappa shape index (κ3) is 6.60. The Morgan fingerprint density at radius 2 is 1.88 bits per heavy atom. The number of hydrogen-bond acceptors (Lipinski definition) is 6. The first-order chi connectivity index (χ1) is 20.3. The van der Waals surface area contributed by atoms with Gasteiger partial charge in [-0.15, -0.1) is 24.9 Å². The van der Waals surface area contributed by atoms with Crippen LogP contribution in [-0.4, -0.2) is 80.1 Å². The first kappa shape index (κ1) is 33.3. The first-order valence-electron chi connectivity index (χ1n) is 15.7. The van der Waals surface area contributed by atoms with Crippen molar-refractivity contribution in [2.45, 2.75) is 101 Å². The lowest BCUT2D eigenvalue weighted by Gasteiger charge is -2.46. The quantitative estimate of drug-likeness (QED) is 0.172. The summed E-state index contributed by atoms with van der Waals surface area (Å²) in [7, 11) is 0. The van der Waals surface area contributed by atoms with Gasteiger partial charge in [-0.25, -0.2) is 0 Å². The first-order valence-corrected chi connectivity index (χ1v) is 16.5. The van der Waals surface area contributed by atoms with Crippen LogP contribution in [0.15, 0.2) is 55.6 Å². The molecule has 0 aliphatic carbocycles. The van der Waals surface area contributed by atoms with Crippen LogP contribution in [0.2, 0.25) is 0 Å². The van der Waals surface area contributed by atoms with E-state index < -0.39 is 34.2 Å². The number of amides is 2. The molecule has 6 atom stereocenters. The van der Waals surface area contributed by atoms with Gasteiger partial charge in [0, 0.05) is 17.3 Å². The van der Waals surface area contributed by atoms with E-state index >= 15 is 4.79 Å². The Labute approximate surface area is 262 Å². The number of esters is 1. The van der Waals surface area contributed by atoms with E-state index in [2.05, 4.69) is 47.8 Å². The van der Waals surface area contributed by atoms with Gasteiger partial charge in [0.15, 0.2) is 0 Å². The number of aliphatic hydroxyl groups is 1. The Hall–Kier alpha value is -2.58. The largest absolute Gasteiger partial charge is 0.465 e. The predicted molar refractivity (Wildman–Crippen MR) is 172 cm³/mol. The van der Waals surface area contributed by atoms with Crippen molar-refractivity contribution in [1.82, 2.24) is 9.80 Å². The third-order valence-corrected chi connectivity index (χ3v) is 11.2. The predicted octanol–water partition coefficient (Wildman–Crippen LogP) is 5.42.